The van der Waals surface area contributed by atoms with E-state index < -0.39 is 5.82 Å². The van der Waals surface area contributed by atoms with Crippen molar-refractivity contribution in [1.82, 2.24) is 15.2 Å². The molecule has 1 aromatic carbocycles. The lowest BCUT2D eigenvalue weighted by Crippen LogP contribution is -2.45. The quantitative estimate of drug-likeness (QED) is 0.470. The summed E-state index contributed by atoms with van der Waals surface area (Å²) in [5.74, 6) is -0.522. The molecule has 3 rings (SSSR count). The molecule has 0 spiro atoms. The molecular weight excluding hydrogens is 401 g/mol. The van der Waals surface area contributed by atoms with E-state index in [-0.39, 0.29) is 18.6 Å². The van der Waals surface area contributed by atoms with Crippen molar-refractivity contribution in [3.05, 3.63) is 53.6 Å². The number of hydrogen-bond acceptors (Lipinski definition) is 6. The fourth-order valence-electron chi connectivity index (χ4n) is 3.58. The van der Waals surface area contributed by atoms with E-state index in [0.29, 0.717) is 24.3 Å². The zero-order chi connectivity index (χ0) is 22.2. The number of nitrogens with zero attached hydrogens (tertiary/aromatic N) is 3. The molecule has 31 heavy (non-hydrogen) atoms. The highest BCUT2D eigenvalue weighted by Crippen LogP contribution is 2.21. The smallest absolute Gasteiger partial charge is 0.246 e. The maximum atomic E-state index is 14.3. The number of aromatic nitrogens is 1. The van der Waals surface area contributed by atoms with Crippen LogP contribution in [0.3, 0.4) is 0 Å². The number of hydrazine groups is 1. The number of aryl methyl sites for hydroxylation is 1. The Morgan fingerprint density at radius 3 is 2.74 bits per heavy atom. The molecule has 1 fully saturated rings. The Labute approximate surface area is 181 Å². The summed E-state index contributed by atoms with van der Waals surface area (Å²) in [7, 11) is 1.49. The third-order valence-electron chi connectivity index (χ3n) is 5.12. The Morgan fingerprint density at radius 2 is 2.10 bits per heavy atom. The van der Waals surface area contributed by atoms with Gasteiger partial charge in [0.1, 0.15) is 12.4 Å². The van der Waals surface area contributed by atoms with E-state index in [9.17, 15) is 14.0 Å². The molecule has 1 saturated heterocycles. The molecule has 1 aliphatic rings. The van der Waals surface area contributed by atoms with Gasteiger partial charge in [0.15, 0.2) is 0 Å². The SMILES string of the molecule is COCC(=O)NC1CCN(Cc2cc(F)cc(N(C=O)Nc3ccc(C)nc3)c2)CC1. The number of halogens is 1. The van der Waals surface area contributed by atoms with Crippen LogP contribution in [0.15, 0.2) is 36.5 Å². The van der Waals surface area contributed by atoms with E-state index in [0.717, 1.165) is 37.2 Å². The van der Waals surface area contributed by atoms with Crippen LogP contribution in [0.4, 0.5) is 15.8 Å². The molecule has 0 unspecified atom stereocenters. The molecule has 166 valence electrons. The topological polar surface area (TPSA) is 86.8 Å². The fourth-order valence-corrected chi connectivity index (χ4v) is 3.58. The van der Waals surface area contributed by atoms with Crippen LogP contribution in [0.1, 0.15) is 24.1 Å². The van der Waals surface area contributed by atoms with E-state index in [1.807, 2.05) is 13.0 Å². The first-order chi connectivity index (χ1) is 15.0. The van der Waals surface area contributed by atoms with E-state index in [1.165, 1.54) is 24.3 Å². The second-order valence-electron chi connectivity index (χ2n) is 7.64. The molecule has 0 aliphatic carbocycles. The zero-order valence-corrected chi connectivity index (χ0v) is 17.8. The van der Waals surface area contributed by atoms with Crippen molar-refractivity contribution in [3.8, 4) is 0 Å². The Morgan fingerprint density at radius 1 is 1.32 bits per heavy atom. The van der Waals surface area contributed by atoms with Crippen molar-refractivity contribution >= 4 is 23.7 Å². The lowest BCUT2D eigenvalue weighted by Gasteiger charge is -2.32. The van der Waals surface area contributed by atoms with Crippen LogP contribution in [0.5, 0.6) is 0 Å². The summed E-state index contributed by atoms with van der Waals surface area (Å²) in [6.07, 6.45) is 3.86. The van der Waals surface area contributed by atoms with Gasteiger partial charge < -0.3 is 10.1 Å². The molecule has 2 amide bonds. The first kappa shape index (κ1) is 22.6. The average Bonchev–Trinajstić information content (AvgIpc) is 2.74. The van der Waals surface area contributed by atoms with Crippen molar-refractivity contribution in [2.45, 2.75) is 32.4 Å². The number of carbonyl (C=O) groups is 2. The van der Waals surface area contributed by atoms with Gasteiger partial charge in [0, 0.05) is 38.5 Å². The maximum Gasteiger partial charge on any atom is 0.246 e. The van der Waals surface area contributed by atoms with Gasteiger partial charge in [0.25, 0.3) is 0 Å². The Kier molecular flexibility index (Phi) is 7.91. The van der Waals surface area contributed by atoms with Crippen LogP contribution in [0, 0.1) is 12.7 Å². The van der Waals surface area contributed by atoms with Gasteiger partial charge >= 0.3 is 0 Å². The van der Waals surface area contributed by atoms with Crippen molar-refractivity contribution < 1.29 is 18.7 Å². The number of hydrogen-bond donors (Lipinski definition) is 2. The van der Waals surface area contributed by atoms with Crippen LogP contribution >= 0.6 is 0 Å². The Bertz CT molecular complexity index is 885. The minimum Gasteiger partial charge on any atom is -0.375 e. The predicted octanol–water partition coefficient (Wildman–Crippen LogP) is 2.25. The summed E-state index contributed by atoms with van der Waals surface area (Å²) in [6.45, 7) is 4.06. The second-order valence-corrected chi connectivity index (χ2v) is 7.64. The Balaban J connectivity index is 1.61. The lowest BCUT2D eigenvalue weighted by atomic mass is 10.0. The molecule has 0 saturated carbocycles. The second kappa shape index (κ2) is 10.8. The number of likely N-dealkylation sites (tertiary alicyclic amines) is 1. The van der Waals surface area contributed by atoms with E-state index in [2.05, 4.69) is 20.6 Å². The molecule has 8 nitrogen and oxygen atoms in total. The van der Waals surface area contributed by atoms with Gasteiger partial charge in [-0.3, -0.25) is 24.9 Å². The third-order valence-corrected chi connectivity index (χ3v) is 5.12. The van der Waals surface area contributed by atoms with Crippen LogP contribution in [-0.2, 0) is 20.9 Å². The number of pyridine rings is 1. The fraction of sp³-hybridized carbons (Fsp3) is 0.409. The standard InChI is InChI=1S/C22H28FN5O3/c1-16-3-4-20(12-24-16)26-28(15-29)21-10-17(9-18(23)11-21)13-27-7-5-19(6-8-27)25-22(30)14-31-2/h3-4,9-12,15,19,26H,5-8,13-14H2,1-2H3,(H,25,30). The van der Waals surface area contributed by atoms with Gasteiger partial charge in [-0.2, -0.15) is 0 Å². The van der Waals surface area contributed by atoms with E-state index >= 15 is 0 Å². The summed E-state index contributed by atoms with van der Waals surface area (Å²) >= 11 is 0. The molecule has 2 aromatic rings. The number of carbonyl (C=O) groups excluding carboxylic acids is 2. The monoisotopic (exact) mass is 429 g/mol. The normalized spacial score (nSPS) is 14.8. The molecule has 0 atom stereocenters. The van der Waals surface area contributed by atoms with E-state index in [4.69, 9.17) is 4.74 Å². The lowest BCUT2D eigenvalue weighted by molar-refractivity contribution is -0.125. The predicted molar refractivity (Wildman–Crippen MR) is 116 cm³/mol. The number of methoxy groups -OCH3 is 1. The molecule has 1 aromatic heterocycles. The minimum absolute atomic E-state index is 0.0617. The van der Waals surface area contributed by atoms with Gasteiger partial charge in [0.05, 0.1) is 17.6 Å². The number of benzene rings is 1. The third kappa shape index (κ3) is 6.73. The molecule has 2 heterocycles. The first-order valence-corrected chi connectivity index (χ1v) is 10.2. The van der Waals surface area contributed by atoms with Gasteiger partial charge in [-0.05, 0) is 55.7 Å². The van der Waals surface area contributed by atoms with Crippen LogP contribution in [0.2, 0.25) is 0 Å². The molecule has 9 heteroatoms. The number of amides is 2. The van der Waals surface area contributed by atoms with Gasteiger partial charge in [-0.25, -0.2) is 9.40 Å². The number of anilines is 2. The molecule has 2 N–H and O–H groups in total. The van der Waals surface area contributed by atoms with Gasteiger partial charge in [0.2, 0.25) is 12.3 Å². The maximum absolute atomic E-state index is 14.3. The van der Waals surface area contributed by atoms with Crippen molar-refractivity contribution in [2.75, 3.05) is 37.2 Å². The zero-order valence-electron chi connectivity index (χ0n) is 17.8. The summed E-state index contributed by atoms with van der Waals surface area (Å²) in [5.41, 5.74) is 5.60. The first-order valence-electron chi connectivity index (χ1n) is 10.2. The number of nitrogens with one attached hydrogen (secondary N) is 2. The number of ether oxygens (including phenoxy) is 1. The largest absolute Gasteiger partial charge is 0.375 e. The summed E-state index contributed by atoms with van der Waals surface area (Å²) < 4.78 is 19.1. The van der Waals surface area contributed by atoms with Crippen LogP contribution in [-0.4, -0.2) is 55.0 Å². The van der Waals surface area contributed by atoms with Crippen molar-refractivity contribution in [1.29, 1.82) is 0 Å². The van der Waals surface area contributed by atoms with Gasteiger partial charge in [-0.15, -0.1) is 0 Å². The highest BCUT2D eigenvalue weighted by Gasteiger charge is 2.21. The summed E-state index contributed by atoms with van der Waals surface area (Å²) in [5, 5.41) is 4.19. The number of rotatable bonds is 9. The minimum atomic E-state index is -0.412. The van der Waals surface area contributed by atoms with Crippen LogP contribution < -0.4 is 15.8 Å². The highest BCUT2D eigenvalue weighted by atomic mass is 19.1. The van der Waals surface area contributed by atoms with Crippen LogP contribution in [0.25, 0.3) is 0 Å². The molecule has 0 radical (unpaired) electrons. The highest BCUT2D eigenvalue weighted by molar-refractivity contribution is 5.79. The Hall–Kier alpha value is -3.04. The molecule has 1 aliphatic heterocycles. The number of piperidine rings is 1. The van der Waals surface area contributed by atoms with E-state index in [1.54, 1.807) is 18.3 Å². The summed E-state index contributed by atoms with van der Waals surface area (Å²) in [4.78, 5) is 29.7. The van der Waals surface area contributed by atoms with Crippen molar-refractivity contribution in [2.24, 2.45) is 0 Å². The van der Waals surface area contributed by atoms with Crippen molar-refractivity contribution in [3.63, 3.8) is 0 Å². The average molecular weight is 429 g/mol. The summed E-state index contributed by atoms with van der Waals surface area (Å²) in [6, 6.07) is 8.33. The molecular formula is C22H28FN5O3. The van der Waals surface area contributed by atoms with Gasteiger partial charge in [-0.1, -0.05) is 0 Å². The molecule has 0 bridgehead atoms.